The third-order valence-electron chi connectivity index (χ3n) is 3.67. The number of aliphatic hydroxyl groups is 1. The maximum atomic E-state index is 11.1. The zero-order valence-electron chi connectivity index (χ0n) is 12.0. The first-order valence-corrected chi connectivity index (χ1v) is 7.00. The number of carbonyl (C=O) groups excluding carboxylic acids is 1. The van der Waals surface area contributed by atoms with Crippen molar-refractivity contribution < 1.29 is 19.8 Å². The van der Waals surface area contributed by atoms with Crippen LogP contribution in [0.25, 0.3) is 0 Å². The van der Waals surface area contributed by atoms with Gasteiger partial charge < -0.3 is 15.5 Å². The number of aliphatic hydroxyl groups excluding tert-OH is 1. The Morgan fingerprint density at radius 1 is 1.38 bits per heavy atom. The molecule has 0 aromatic heterocycles. The van der Waals surface area contributed by atoms with Crippen LogP contribution in [0.2, 0.25) is 0 Å². The van der Waals surface area contributed by atoms with Gasteiger partial charge in [0, 0.05) is 19.2 Å². The highest BCUT2D eigenvalue weighted by Crippen LogP contribution is 2.23. The molecule has 21 heavy (non-hydrogen) atoms. The lowest BCUT2D eigenvalue weighted by atomic mass is 10.1. The molecule has 1 aliphatic rings. The van der Waals surface area contributed by atoms with E-state index >= 15 is 0 Å². The Hall–Kier alpha value is -1.92. The van der Waals surface area contributed by atoms with Crippen LogP contribution >= 0.6 is 0 Å². The topological polar surface area (TPSA) is 89.9 Å². The Bertz CT molecular complexity index is 515. The molecule has 2 atom stereocenters. The summed E-state index contributed by atoms with van der Waals surface area (Å²) in [5.41, 5.74) is 1.38. The van der Waals surface area contributed by atoms with Gasteiger partial charge in [0.15, 0.2) is 0 Å². The Morgan fingerprint density at radius 3 is 2.62 bits per heavy atom. The fourth-order valence-electron chi connectivity index (χ4n) is 2.64. The van der Waals surface area contributed by atoms with Crippen LogP contribution in [-0.2, 0) is 9.59 Å². The van der Waals surface area contributed by atoms with Crippen LogP contribution in [-0.4, -0.2) is 46.1 Å². The van der Waals surface area contributed by atoms with Crippen LogP contribution in [0.5, 0.6) is 0 Å². The number of β-amino-alcohol motifs (C(OH)–C–C–N with tert-alkyl or cyclic N) is 1. The van der Waals surface area contributed by atoms with E-state index in [0.717, 1.165) is 6.42 Å². The number of carbonyl (C=O) groups is 2. The molecule has 114 valence electrons. The smallest absolute Gasteiger partial charge is 0.320 e. The third-order valence-corrected chi connectivity index (χ3v) is 3.67. The van der Waals surface area contributed by atoms with Crippen molar-refractivity contribution in [2.75, 3.05) is 18.4 Å². The molecule has 1 aromatic rings. The molecule has 1 saturated heterocycles. The Labute approximate surface area is 123 Å². The first-order valence-electron chi connectivity index (χ1n) is 7.00. The van der Waals surface area contributed by atoms with Crippen molar-refractivity contribution in [2.45, 2.75) is 31.9 Å². The molecular formula is C15H20N2O4. The quantitative estimate of drug-likeness (QED) is 0.759. The number of carboxylic acid groups (broad SMARTS) is 1. The number of anilines is 1. The van der Waals surface area contributed by atoms with Crippen molar-refractivity contribution in [3.05, 3.63) is 29.8 Å². The molecule has 1 heterocycles. The summed E-state index contributed by atoms with van der Waals surface area (Å²) >= 11 is 0. The largest absolute Gasteiger partial charge is 0.480 e. The molecule has 0 bridgehead atoms. The summed E-state index contributed by atoms with van der Waals surface area (Å²) < 4.78 is 0. The van der Waals surface area contributed by atoms with Gasteiger partial charge in [-0.25, -0.2) is 0 Å². The summed E-state index contributed by atoms with van der Waals surface area (Å²) in [6, 6.07) is 6.42. The van der Waals surface area contributed by atoms with Gasteiger partial charge in [0.05, 0.1) is 6.10 Å². The van der Waals surface area contributed by atoms with E-state index < -0.39 is 18.1 Å². The Morgan fingerprint density at radius 2 is 2.05 bits per heavy atom. The van der Waals surface area contributed by atoms with Crippen molar-refractivity contribution in [1.82, 2.24) is 4.90 Å². The van der Waals surface area contributed by atoms with Crippen LogP contribution in [0.3, 0.4) is 0 Å². The van der Waals surface area contributed by atoms with Gasteiger partial charge in [-0.1, -0.05) is 12.1 Å². The van der Waals surface area contributed by atoms with E-state index in [1.807, 2.05) is 0 Å². The highest BCUT2D eigenvalue weighted by Gasteiger charge is 2.31. The summed E-state index contributed by atoms with van der Waals surface area (Å²) in [6.45, 7) is 2.43. The van der Waals surface area contributed by atoms with E-state index in [2.05, 4.69) is 5.32 Å². The normalized spacial score (nSPS) is 20.2. The van der Waals surface area contributed by atoms with Gasteiger partial charge in [0.25, 0.3) is 0 Å². The van der Waals surface area contributed by atoms with Crippen molar-refractivity contribution in [2.24, 2.45) is 0 Å². The molecule has 2 unspecified atom stereocenters. The van der Waals surface area contributed by atoms with Crippen LogP contribution in [0.1, 0.15) is 31.4 Å². The standard InChI is InChI=1S/C15H20N2O4/c1-10(18)16-12-6-4-11(5-7-12)14(19)9-17-8-2-3-13(17)15(20)21/h4-7,13-14,19H,2-3,8-9H2,1H3,(H,16,18)(H,20,21). The molecule has 1 aromatic carbocycles. The molecule has 0 aliphatic carbocycles. The van der Waals surface area contributed by atoms with Gasteiger partial charge in [-0.2, -0.15) is 0 Å². The van der Waals surface area contributed by atoms with Gasteiger partial charge >= 0.3 is 5.97 Å². The summed E-state index contributed by atoms with van der Waals surface area (Å²) in [4.78, 5) is 23.9. The molecule has 3 N–H and O–H groups in total. The number of benzene rings is 1. The van der Waals surface area contributed by atoms with Gasteiger partial charge in [-0.15, -0.1) is 0 Å². The number of aliphatic carboxylic acids is 1. The summed E-state index contributed by atoms with van der Waals surface area (Å²) in [5, 5.41) is 22.0. The lowest BCUT2D eigenvalue weighted by molar-refractivity contribution is -0.142. The Kier molecular flexibility index (Phi) is 4.93. The summed E-state index contributed by atoms with van der Waals surface area (Å²) in [6.07, 6.45) is 0.727. The van der Waals surface area contributed by atoms with Crippen LogP contribution in [0.15, 0.2) is 24.3 Å². The zero-order chi connectivity index (χ0) is 15.4. The van der Waals surface area contributed by atoms with Gasteiger partial charge in [0.2, 0.25) is 5.91 Å². The number of hydrogen-bond acceptors (Lipinski definition) is 4. The van der Waals surface area contributed by atoms with Crippen molar-refractivity contribution in [3.63, 3.8) is 0 Å². The van der Waals surface area contributed by atoms with E-state index in [1.165, 1.54) is 6.92 Å². The lowest BCUT2D eigenvalue weighted by Gasteiger charge is -2.24. The highest BCUT2D eigenvalue weighted by molar-refractivity contribution is 5.88. The summed E-state index contributed by atoms with van der Waals surface area (Å²) in [5.74, 6) is -0.981. The molecule has 2 rings (SSSR count). The van der Waals surface area contributed by atoms with Crippen LogP contribution in [0, 0.1) is 0 Å². The fraction of sp³-hybridized carbons (Fsp3) is 0.467. The van der Waals surface area contributed by atoms with E-state index in [-0.39, 0.29) is 5.91 Å². The monoisotopic (exact) mass is 292 g/mol. The zero-order valence-corrected chi connectivity index (χ0v) is 12.0. The number of amides is 1. The van der Waals surface area contributed by atoms with E-state index in [9.17, 15) is 14.7 Å². The maximum Gasteiger partial charge on any atom is 0.320 e. The van der Waals surface area contributed by atoms with Crippen molar-refractivity contribution in [1.29, 1.82) is 0 Å². The number of rotatable bonds is 5. The first-order chi connectivity index (χ1) is 9.97. The van der Waals surface area contributed by atoms with Gasteiger partial charge in [-0.3, -0.25) is 14.5 Å². The second-order valence-corrected chi connectivity index (χ2v) is 5.31. The number of nitrogens with zero attached hydrogens (tertiary/aromatic N) is 1. The fourth-order valence-corrected chi connectivity index (χ4v) is 2.64. The average Bonchev–Trinajstić information content (AvgIpc) is 2.87. The van der Waals surface area contributed by atoms with Crippen molar-refractivity contribution in [3.8, 4) is 0 Å². The van der Waals surface area contributed by atoms with Gasteiger partial charge in [-0.05, 0) is 37.1 Å². The molecule has 6 heteroatoms. The van der Waals surface area contributed by atoms with E-state index in [0.29, 0.717) is 30.8 Å². The minimum Gasteiger partial charge on any atom is -0.480 e. The number of likely N-dealkylation sites (tertiary alicyclic amines) is 1. The second kappa shape index (κ2) is 6.69. The molecule has 0 spiro atoms. The predicted molar refractivity (Wildman–Crippen MR) is 77.9 cm³/mol. The Balaban J connectivity index is 1.98. The second-order valence-electron chi connectivity index (χ2n) is 5.31. The molecule has 6 nitrogen and oxygen atoms in total. The predicted octanol–water partition coefficient (Wildman–Crippen LogP) is 1.23. The van der Waals surface area contributed by atoms with Crippen LogP contribution in [0.4, 0.5) is 5.69 Å². The number of carboxylic acids is 1. The van der Waals surface area contributed by atoms with Gasteiger partial charge in [0.1, 0.15) is 6.04 Å². The molecule has 1 aliphatic heterocycles. The molecule has 0 saturated carbocycles. The minimum absolute atomic E-state index is 0.148. The molecule has 0 radical (unpaired) electrons. The summed E-state index contributed by atoms with van der Waals surface area (Å²) in [7, 11) is 0. The van der Waals surface area contributed by atoms with E-state index in [1.54, 1.807) is 29.2 Å². The first kappa shape index (κ1) is 15.5. The minimum atomic E-state index is -0.833. The molecular weight excluding hydrogens is 272 g/mol. The maximum absolute atomic E-state index is 11.1. The lowest BCUT2D eigenvalue weighted by Crippen LogP contribution is -2.38. The average molecular weight is 292 g/mol. The SMILES string of the molecule is CC(=O)Nc1ccc(C(O)CN2CCCC2C(=O)O)cc1. The van der Waals surface area contributed by atoms with E-state index in [4.69, 9.17) is 5.11 Å². The van der Waals surface area contributed by atoms with Crippen LogP contribution < -0.4 is 5.32 Å². The number of nitrogens with one attached hydrogen (secondary N) is 1. The highest BCUT2D eigenvalue weighted by atomic mass is 16.4. The molecule has 1 amide bonds. The molecule has 1 fully saturated rings. The van der Waals surface area contributed by atoms with Crippen molar-refractivity contribution >= 4 is 17.6 Å². The number of hydrogen-bond donors (Lipinski definition) is 3. The third kappa shape index (κ3) is 4.03.